The van der Waals surface area contributed by atoms with Crippen molar-refractivity contribution in [3.8, 4) is 0 Å². The summed E-state index contributed by atoms with van der Waals surface area (Å²) >= 11 is 0. The lowest BCUT2D eigenvalue weighted by Gasteiger charge is -2.10. The van der Waals surface area contributed by atoms with Crippen LogP contribution in [0.5, 0.6) is 0 Å². The Bertz CT molecular complexity index is 850. The minimum atomic E-state index is -3.65. The number of hydrogen-bond acceptors (Lipinski definition) is 3. The first-order valence-corrected chi connectivity index (χ1v) is 9.47. The molecule has 0 fully saturated rings. The predicted octanol–water partition coefficient (Wildman–Crippen LogP) is 3.58. The first-order valence-electron chi connectivity index (χ1n) is 7.92. The van der Waals surface area contributed by atoms with Crippen LogP contribution >= 0.6 is 0 Å². The van der Waals surface area contributed by atoms with E-state index in [0.29, 0.717) is 6.61 Å². The molecule has 0 spiro atoms. The molecule has 0 unspecified atom stereocenters. The van der Waals surface area contributed by atoms with E-state index in [-0.39, 0.29) is 4.90 Å². The van der Waals surface area contributed by atoms with Gasteiger partial charge in [-0.15, -0.1) is 0 Å². The summed E-state index contributed by atoms with van der Waals surface area (Å²) in [5.41, 5.74) is 6.06. The second-order valence-corrected chi connectivity index (χ2v) is 7.57. The van der Waals surface area contributed by atoms with Gasteiger partial charge in [-0.1, -0.05) is 36.4 Å². The molecule has 2 aromatic rings. The maximum atomic E-state index is 11.4. The van der Waals surface area contributed by atoms with Gasteiger partial charge in [0, 0.05) is 7.11 Å². The number of ether oxygens (including phenoxy) is 1. The monoisotopic (exact) mass is 343 g/mol. The highest BCUT2D eigenvalue weighted by molar-refractivity contribution is 7.89. The van der Waals surface area contributed by atoms with Crippen LogP contribution in [0.2, 0.25) is 0 Å². The van der Waals surface area contributed by atoms with Crippen molar-refractivity contribution in [2.24, 2.45) is 5.14 Å². The largest absolute Gasteiger partial charge is 0.380 e. The number of nitrogens with two attached hydrogens (primary N) is 1. The minimum Gasteiger partial charge on any atom is -0.380 e. The molecule has 1 aliphatic carbocycles. The highest BCUT2D eigenvalue weighted by Gasteiger charge is 2.18. The fourth-order valence-electron chi connectivity index (χ4n) is 3.20. The van der Waals surface area contributed by atoms with Crippen molar-refractivity contribution in [3.05, 3.63) is 65.2 Å². The molecule has 0 saturated heterocycles. The summed E-state index contributed by atoms with van der Waals surface area (Å²) in [6.07, 6.45) is 3.15. The van der Waals surface area contributed by atoms with Gasteiger partial charge in [-0.2, -0.15) is 0 Å². The first kappa shape index (κ1) is 16.9. The smallest absolute Gasteiger partial charge is 0.238 e. The molecule has 0 radical (unpaired) electrons. The van der Waals surface area contributed by atoms with Crippen molar-refractivity contribution in [1.29, 1.82) is 0 Å². The third-order valence-electron chi connectivity index (χ3n) is 4.36. The topological polar surface area (TPSA) is 69.4 Å². The zero-order valence-corrected chi connectivity index (χ0v) is 14.5. The molecule has 4 nitrogen and oxygen atoms in total. The number of sulfonamides is 1. The van der Waals surface area contributed by atoms with Gasteiger partial charge in [0.1, 0.15) is 0 Å². The fraction of sp³-hybridized carbons (Fsp3) is 0.263. The molecule has 0 aromatic heterocycles. The van der Waals surface area contributed by atoms with E-state index >= 15 is 0 Å². The fourth-order valence-corrected chi connectivity index (χ4v) is 3.71. The minimum absolute atomic E-state index is 0.148. The zero-order chi connectivity index (χ0) is 17.2. The molecule has 0 atom stereocenters. The molecule has 5 heteroatoms. The number of rotatable bonds is 5. The maximum Gasteiger partial charge on any atom is 0.238 e. The summed E-state index contributed by atoms with van der Waals surface area (Å²) in [6, 6.07) is 15.3. The standard InChI is InChI=1S/C19H21NO3S/c1-23-13-14-5-7-15(8-6-14)18-3-2-4-19(18)16-9-11-17(12-10-16)24(20,21)22/h5-12H,2-4,13H2,1H3,(H2,20,21,22). The summed E-state index contributed by atoms with van der Waals surface area (Å²) < 4.78 is 27.9. The Morgan fingerprint density at radius 2 is 1.42 bits per heavy atom. The summed E-state index contributed by atoms with van der Waals surface area (Å²) in [7, 11) is -1.96. The van der Waals surface area contributed by atoms with E-state index in [1.807, 2.05) is 12.1 Å². The Morgan fingerprint density at radius 3 is 1.88 bits per heavy atom. The molecular formula is C19H21NO3S. The van der Waals surface area contributed by atoms with Crippen molar-refractivity contribution in [2.75, 3.05) is 7.11 Å². The van der Waals surface area contributed by atoms with E-state index in [1.54, 1.807) is 19.2 Å². The van der Waals surface area contributed by atoms with E-state index in [4.69, 9.17) is 9.88 Å². The number of allylic oxidation sites excluding steroid dienone is 2. The SMILES string of the molecule is COCc1ccc(C2=C(c3ccc(S(N)(=O)=O)cc3)CCC2)cc1. The molecule has 3 rings (SSSR count). The van der Waals surface area contributed by atoms with Crippen LogP contribution in [0.3, 0.4) is 0 Å². The molecule has 126 valence electrons. The molecule has 2 aromatic carbocycles. The second-order valence-electron chi connectivity index (χ2n) is 6.01. The number of benzene rings is 2. The number of methoxy groups -OCH3 is 1. The Balaban J connectivity index is 1.94. The van der Waals surface area contributed by atoms with Crippen molar-refractivity contribution in [3.63, 3.8) is 0 Å². The second kappa shape index (κ2) is 6.89. The predicted molar refractivity (Wildman–Crippen MR) is 95.6 cm³/mol. The molecule has 24 heavy (non-hydrogen) atoms. The lowest BCUT2D eigenvalue weighted by molar-refractivity contribution is 0.185. The van der Waals surface area contributed by atoms with E-state index < -0.39 is 10.0 Å². The maximum absolute atomic E-state index is 11.4. The van der Waals surface area contributed by atoms with Crippen LogP contribution in [0.4, 0.5) is 0 Å². The van der Waals surface area contributed by atoms with Crippen LogP contribution in [0.15, 0.2) is 53.4 Å². The van der Waals surface area contributed by atoms with E-state index in [9.17, 15) is 8.42 Å². The van der Waals surface area contributed by atoms with Crippen LogP contribution in [-0.2, 0) is 21.4 Å². The molecule has 2 N–H and O–H groups in total. The third-order valence-corrected chi connectivity index (χ3v) is 5.29. The molecule has 0 amide bonds. The quantitative estimate of drug-likeness (QED) is 0.902. The Labute approximate surface area is 143 Å². The Morgan fingerprint density at radius 1 is 0.917 bits per heavy atom. The van der Waals surface area contributed by atoms with Crippen LogP contribution in [-0.4, -0.2) is 15.5 Å². The van der Waals surface area contributed by atoms with Gasteiger partial charge in [-0.25, -0.2) is 13.6 Å². The summed E-state index contributed by atoms with van der Waals surface area (Å²) in [4.78, 5) is 0.148. The number of primary sulfonamides is 1. The molecule has 1 aliphatic rings. The van der Waals surface area contributed by atoms with Gasteiger partial charge in [0.05, 0.1) is 11.5 Å². The lowest BCUT2D eigenvalue weighted by atomic mass is 9.96. The highest BCUT2D eigenvalue weighted by Crippen LogP contribution is 2.39. The van der Waals surface area contributed by atoms with Gasteiger partial charge in [0.2, 0.25) is 10.0 Å². The Kier molecular flexibility index (Phi) is 4.85. The normalized spacial score (nSPS) is 15.1. The van der Waals surface area contributed by atoms with E-state index in [2.05, 4.69) is 24.3 Å². The van der Waals surface area contributed by atoms with Gasteiger partial charge >= 0.3 is 0 Å². The van der Waals surface area contributed by atoms with E-state index in [0.717, 1.165) is 30.4 Å². The van der Waals surface area contributed by atoms with Crippen LogP contribution in [0, 0.1) is 0 Å². The average molecular weight is 343 g/mol. The van der Waals surface area contributed by atoms with Gasteiger partial charge in [-0.3, -0.25) is 0 Å². The molecule has 0 bridgehead atoms. The molecular weight excluding hydrogens is 322 g/mol. The summed E-state index contributed by atoms with van der Waals surface area (Å²) in [6.45, 7) is 0.612. The van der Waals surface area contributed by atoms with Crippen LogP contribution < -0.4 is 5.14 Å². The lowest BCUT2D eigenvalue weighted by Crippen LogP contribution is -2.11. The molecule has 0 heterocycles. The van der Waals surface area contributed by atoms with Gasteiger partial charge < -0.3 is 4.74 Å². The van der Waals surface area contributed by atoms with Gasteiger partial charge in [0.25, 0.3) is 0 Å². The zero-order valence-electron chi connectivity index (χ0n) is 13.7. The summed E-state index contributed by atoms with van der Waals surface area (Å²) in [5, 5.41) is 5.17. The molecule has 0 saturated carbocycles. The van der Waals surface area contributed by atoms with Crippen LogP contribution in [0.25, 0.3) is 11.1 Å². The van der Waals surface area contributed by atoms with Gasteiger partial charge in [0.15, 0.2) is 0 Å². The van der Waals surface area contributed by atoms with Gasteiger partial charge in [-0.05, 0) is 59.2 Å². The summed E-state index contributed by atoms with van der Waals surface area (Å²) in [5.74, 6) is 0. The highest BCUT2D eigenvalue weighted by atomic mass is 32.2. The average Bonchev–Trinajstić information content (AvgIpc) is 3.05. The van der Waals surface area contributed by atoms with Crippen molar-refractivity contribution in [2.45, 2.75) is 30.8 Å². The van der Waals surface area contributed by atoms with Crippen molar-refractivity contribution < 1.29 is 13.2 Å². The van der Waals surface area contributed by atoms with Crippen LogP contribution in [0.1, 0.15) is 36.0 Å². The Hall–Kier alpha value is -1.95. The van der Waals surface area contributed by atoms with Crippen molar-refractivity contribution >= 4 is 21.2 Å². The first-order chi connectivity index (χ1) is 11.5. The third kappa shape index (κ3) is 3.59. The molecule has 0 aliphatic heterocycles. The number of hydrogen-bond donors (Lipinski definition) is 1. The van der Waals surface area contributed by atoms with Crippen molar-refractivity contribution in [1.82, 2.24) is 0 Å². The van der Waals surface area contributed by atoms with E-state index in [1.165, 1.54) is 16.7 Å².